The fourth-order valence-corrected chi connectivity index (χ4v) is 2.95. The molecule has 2 rings (SSSR count). The van der Waals surface area contributed by atoms with Crippen molar-refractivity contribution in [2.24, 2.45) is 5.73 Å². The number of rotatable bonds is 4. The van der Waals surface area contributed by atoms with Gasteiger partial charge in [0.25, 0.3) is 0 Å². The van der Waals surface area contributed by atoms with Gasteiger partial charge in [0, 0.05) is 0 Å². The Kier molecular flexibility index (Phi) is 4.61. The predicted molar refractivity (Wildman–Crippen MR) is 74.4 cm³/mol. The van der Waals surface area contributed by atoms with E-state index in [0.29, 0.717) is 5.92 Å². The van der Waals surface area contributed by atoms with Crippen molar-refractivity contribution in [2.45, 2.75) is 57.3 Å². The van der Waals surface area contributed by atoms with Crippen molar-refractivity contribution in [3.05, 3.63) is 35.4 Å². The maximum Gasteiger partial charge on any atom is -0.00715 e. The van der Waals surface area contributed by atoms with E-state index in [1.165, 1.54) is 37.7 Å². The summed E-state index contributed by atoms with van der Waals surface area (Å²) in [4.78, 5) is 0. The van der Waals surface area contributed by atoms with Crippen LogP contribution in [0.1, 0.15) is 68.4 Å². The van der Waals surface area contributed by atoms with Crippen LogP contribution in [0.4, 0.5) is 0 Å². The number of nitrogens with two attached hydrogens (primary N) is 1. The smallest absolute Gasteiger partial charge is 0.00715 e. The van der Waals surface area contributed by atoms with E-state index in [0.717, 1.165) is 18.9 Å². The normalized spacial score (nSPS) is 19.2. The van der Waals surface area contributed by atoms with Crippen LogP contribution < -0.4 is 5.73 Å². The van der Waals surface area contributed by atoms with Crippen molar-refractivity contribution in [2.75, 3.05) is 6.54 Å². The highest BCUT2D eigenvalue weighted by Gasteiger charge is 2.15. The topological polar surface area (TPSA) is 26.0 Å². The molecule has 1 fully saturated rings. The van der Waals surface area contributed by atoms with Gasteiger partial charge in [-0.1, -0.05) is 50.5 Å². The zero-order chi connectivity index (χ0) is 12.1. The van der Waals surface area contributed by atoms with Gasteiger partial charge in [-0.05, 0) is 48.8 Å². The fourth-order valence-electron chi connectivity index (χ4n) is 2.95. The van der Waals surface area contributed by atoms with Crippen LogP contribution in [0.25, 0.3) is 0 Å². The van der Waals surface area contributed by atoms with Gasteiger partial charge in [-0.2, -0.15) is 0 Å². The summed E-state index contributed by atoms with van der Waals surface area (Å²) in [5, 5.41) is 0. The Morgan fingerprint density at radius 1 is 1.12 bits per heavy atom. The summed E-state index contributed by atoms with van der Waals surface area (Å²) in [5.41, 5.74) is 8.60. The van der Waals surface area contributed by atoms with E-state index in [2.05, 4.69) is 31.2 Å². The highest BCUT2D eigenvalue weighted by atomic mass is 14.5. The minimum Gasteiger partial charge on any atom is -0.330 e. The summed E-state index contributed by atoms with van der Waals surface area (Å²) in [6.45, 7) is 3.05. The van der Waals surface area contributed by atoms with Crippen LogP contribution in [0.15, 0.2) is 24.3 Å². The van der Waals surface area contributed by atoms with E-state index in [1.807, 2.05) is 0 Å². The Bertz CT molecular complexity index is 322. The van der Waals surface area contributed by atoms with Gasteiger partial charge in [-0.3, -0.25) is 0 Å². The first kappa shape index (κ1) is 12.6. The standard InChI is InChI=1S/C16H25N/c1-13(11-12-17)14-7-9-16(10-8-14)15-5-3-2-4-6-15/h7-10,13,15H,2-6,11-12,17H2,1H3. The van der Waals surface area contributed by atoms with Crippen molar-refractivity contribution in [3.63, 3.8) is 0 Å². The molecular weight excluding hydrogens is 206 g/mol. The summed E-state index contributed by atoms with van der Waals surface area (Å²) in [6.07, 6.45) is 8.12. The summed E-state index contributed by atoms with van der Waals surface area (Å²) in [7, 11) is 0. The zero-order valence-corrected chi connectivity index (χ0v) is 11.0. The molecule has 0 spiro atoms. The van der Waals surface area contributed by atoms with Crippen molar-refractivity contribution >= 4 is 0 Å². The molecule has 0 radical (unpaired) electrons. The fraction of sp³-hybridized carbons (Fsp3) is 0.625. The minimum absolute atomic E-state index is 0.598. The predicted octanol–water partition coefficient (Wildman–Crippen LogP) is 4.19. The molecule has 1 aliphatic carbocycles. The lowest BCUT2D eigenvalue weighted by molar-refractivity contribution is 0.443. The van der Waals surface area contributed by atoms with Crippen LogP contribution in [-0.2, 0) is 0 Å². The van der Waals surface area contributed by atoms with Crippen molar-refractivity contribution < 1.29 is 0 Å². The molecule has 0 amide bonds. The van der Waals surface area contributed by atoms with E-state index in [9.17, 15) is 0 Å². The monoisotopic (exact) mass is 231 g/mol. The molecule has 17 heavy (non-hydrogen) atoms. The van der Waals surface area contributed by atoms with Crippen LogP contribution in [0, 0.1) is 0 Å². The Morgan fingerprint density at radius 3 is 2.35 bits per heavy atom. The molecule has 1 unspecified atom stereocenters. The Morgan fingerprint density at radius 2 is 1.76 bits per heavy atom. The number of hydrogen-bond donors (Lipinski definition) is 1. The van der Waals surface area contributed by atoms with E-state index < -0.39 is 0 Å². The summed E-state index contributed by atoms with van der Waals surface area (Å²) >= 11 is 0. The molecule has 0 bridgehead atoms. The second-order valence-corrected chi connectivity index (χ2v) is 5.48. The van der Waals surface area contributed by atoms with Crippen LogP contribution in [0.2, 0.25) is 0 Å². The van der Waals surface area contributed by atoms with Gasteiger partial charge >= 0.3 is 0 Å². The van der Waals surface area contributed by atoms with E-state index in [1.54, 1.807) is 5.56 Å². The van der Waals surface area contributed by atoms with Crippen molar-refractivity contribution in [1.82, 2.24) is 0 Å². The van der Waals surface area contributed by atoms with E-state index in [-0.39, 0.29) is 0 Å². The van der Waals surface area contributed by atoms with Crippen LogP contribution in [-0.4, -0.2) is 6.54 Å². The van der Waals surface area contributed by atoms with Crippen LogP contribution in [0.5, 0.6) is 0 Å². The van der Waals surface area contributed by atoms with Crippen molar-refractivity contribution in [1.29, 1.82) is 0 Å². The second-order valence-electron chi connectivity index (χ2n) is 5.48. The van der Waals surface area contributed by atoms with Gasteiger partial charge in [-0.15, -0.1) is 0 Å². The van der Waals surface area contributed by atoms with Crippen molar-refractivity contribution in [3.8, 4) is 0 Å². The Labute approximate surface area is 105 Å². The molecule has 0 saturated heterocycles. The van der Waals surface area contributed by atoms with E-state index >= 15 is 0 Å². The third-order valence-electron chi connectivity index (χ3n) is 4.18. The summed E-state index contributed by atoms with van der Waals surface area (Å²) < 4.78 is 0. The second kappa shape index (κ2) is 6.20. The molecule has 1 aromatic carbocycles. The van der Waals surface area contributed by atoms with Crippen LogP contribution in [0.3, 0.4) is 0 Å². The van der Waals surface area contributed by atoms with Crippen LogP contribution >= 0.6 is 0 Å². The molecule has 1 heteroatoms. The van der Waals surface area contributed by atoms with Gasteiger partial charge in [0.1, 0.15) is 0 Å². The molecule has 94 valence electrons. The average molecular weight is 231 g/mol. The molecular formula is C16H25N. The number of benzene rings is 1. The first-order valence-corrected chi connectivity index (χ1v) is 7.11. The Balaban J connectivity index is 2.01. The summed E-state index contributed by atoms with van der Waals surface area (Å²) in [6, 6.07) is 9.31. The zero-order valence-electron chi connectivity index (χ0n) is 11.0. The molecule has 2 N–H and O–H groups in total. The maximum absolute atomic E-state index is 5.61. The SMILES string of the molecule is CC(CCN)c1ccc(C2CCCCC2)cc1. The van der Waals surface area contributed by atoms with Gasteiger partial charge in [0.15, 0.2) is 0 Å². The average Bonchev–Trinajstić information content (AvgIpc) is 2.40. The maximum atomic E-state index is 5.61. The van der Waals surface area contributed by atoms with Gasteiger partial charge in [0.2, 0.25) is 0 Å². The first-order valence-electron chi connectivity index (χ1n) is 7.11. The molecule has 1 aromatic rings. The third kappa shape index (κ3) is 3.32. The van der Waals surface area contributed by atoms with Gasteiger partial charge in [0.05, 0.1) is 0 Å². The van der Waals surface area contributed by atoms with E-state index in [4.69, 9.17) is 5.73 Å². The van der Waals surface area contributed by atoms with Gasteiger partial charge < -0.3 is 5.73 Å². The van der Waals surface area contributed by atoms with Gasteiger partial charge in [-0.25, -0.2) is 0 Å². The highest BCUT2D eigenvalue weighted by Crippen LogP contribution is 2.33. The minimum atomic E-state index is 0.598. The molecule has 0 aromatic heterocycles. The molecule has 0 aliphatic heterocycles. The Hall–Kier alpha value is -0.820. The lowest BCUT2D eigenvalue weighted by Crippen LogP contribution is -2.06. The highest BCUT2D eigenvalue weighted by molar-refractivity contribution is 5.27. The number of hydrogen-bond acceptors (Lipinski definition) is 1. The lowest BCUT2D eigenvalue weighted by atomic mass is 9.83. The quantitative estimate of drug-likeness (QED) is 0.826. The molecule has 1 nitrogen and oxygen atoms in total. The first-order chi connectivity index (χ1) is 8.31. The molecule has 1 saturated carbocycles. The summed E-state index contributed by atoms with van der Waals surface area (Å²) in [5.74, 6) is 1.42. The lowest BCUT2D eigenvalue weighted by Gasteiger charge is -2.22. The molecule has 1 aliphatic rings. The molecule has 0 heterocycles. The third-order valence-corrected chi connectivity index (χ3v) is 4.18. The largest absolute Gasteiger partial charge is 0.330 e. The molecule has 1 atom stereocenters.